The van der Waals surface area contributed by atoms with Crippen LogP contribution in [0, 0.1) is 11.6 Å². The molecular formula is C24H22F2N6O3. The molecule has 1 aliphatic rings. The zero-order valence-electron chi connectivity index (χ0n) is 18.9. The summed E-state index contributed by atoms with van der Waals surface area (Å²) in [5.74, 6) is -1.39. The number of benzene rings is 2. The van der Waals surface area contributed by atoms with Crippen molar-refractivity contribution in [1.82, 2.24) is 25.5 Å². The van der Waals surface area contributed by atoms with E-state index >= 15 is 0 Å². The van der Waals surface area contributed by atoms with E-state index < -0.39 is 23.6 Å². The fraction of sp³-hybridized carbons (Fsp3) is 0.250. The second-order valence-corrected chi connectivity index (χ2v) is 8.60. The van der Waals surface area contributed by atoms with E-state index in [4.69, 9.17) is 9.47 Å². The highest BCUT2D eigenvalue weighted by Crippen LogP contribution is 2.28. The van der Waals surface area contributed by atoms with Crippen LogP contribution in [0.2, 0.25) is 0 Å². The predicted molar refractivity (Wildman–Crippen MR) is 123 cm³/mol. The topological polar surface area (TPSA) is 114 Å². The fourth-order valence-corrected chi connectivity index (χ4v) is 3.89. The van der Waals surface area contributed by atoms with Crippen molar-refractivity contribution in [1.29, 1.82) is 0 Å². The standard InChI is InChI=1S/C24H22F2N6O3/c1-24(11-35-12-24)32-23-27-10-16-17(25)6-14(7-19(16)30-23)22(33)31-21(15-8-28-29-9-15)13-3-4-20(34-2)18(26)5-13/h3-10,21H,11-12H2,1-2H3,(H,28,29)(H,31,33)(H,27,30,32). The second kappa shape index (κ2) is 8.91. The number of halogens is 2. The number of H-pyrrole nitrogens is 1. The van der Waals surface area contributed by atoms with Crippen LogP contribution >= 0.6 is 0 Å². The monoisotopic (exact) mass is 480 g/mol. The number of aromatic amines is 1. The maximum absolute atomic E-state index is 14.8. The third kappa shape index (κ3) is 4.50. The number of hydrogen-bond acceptors (Lipinski definition) is 7. The molecule has 1 amide bonds. The van der Waals surface area contributed by atoms with Gasteiger partial charge >= 0.3 is 0 Å². The molecule has 1 saturated heterocycles. The molecular weight excluding hydrogens is 458 g/mol. The number of aromatic nitrogens is 4. The van der Waals surface area contributed by atoms with Gasteiger partial charge in [0.1, 0.15) is 5.82 Å². The van der Waals surface area contributed by atoms with Crippen LogP contribution in [-0.4, -0.2) is 51.9 Å². The van der Waals surface area contributed by atoms with E-state index in [0.29, 0.717) is 30.3 Å². The maximum atomic E-state index is 14.8. The number of nitrogens with one attached hydrogen (secondary N) is 3. The number of methoxy groups -OCH3 is 1. The molecule has 2 aromatic heterocycles. The Balaban J connectivity index is 1.46. The van der Waals surface area contributed by atoms with Gasteiger partial charge in [0.25, 0.3) is 5.91 Å². The van der Waals surface area contributed by atoms with E-state index in [0.717, 1.165) is 6.07 Å². The Morgan fingerprint density at radius 1 is 1.17 bits per heavy atom. The Hall–Kier alpha value is -4.12. The van der Waals surface area contributed by atoms with Crippen LogP contribution in [0.15, 0.2) is 48.9 Å². The average molecular weight is 480 g/mol. The number of carbonyl (C=O) groups excluding carboxylic acids is 1. The summed E-state index contributed by atoms with van der Waals surface area (Å²) in [4.78, 5) is 21.8. The number of nitrogens with zero attached hydrogens (tertiary/aromatic N) is 3. The highest BCUT2D eigenvalue weighted by atomic mass is 19.1. The molecule has 1 unspecified atom stereocenters. The van der Waals surface area contributed by atoms with Gasteiger partial charge in [0.2, 0.25) is 5.95 Å². The number of carbonyl (C=O) groups is 1. The molecule has 0 aliphatic carbocycles. The zero-order chi connectivity index (χ0) is 24.6. The summed E-state index contributed by atoms with van der Waals surface area (Å²) in [5, 5.41) is 12.8. The van der Waals surface area contributed by atoms with E-state index in [-0.39, 0.29) is 27.8 Å². The first-order valence-corrected chi connectivity index (χ1v) is 10.8. The largest absolute Gasteiger partial charge is 0.494 e. The summed E-state index contributed by atoms with van der Waals surface area (Å²) >= 11 is 0. The number of ether oxygens (including phenoxy) is 2. The summed E-state index contributed by atoms with van der Waals surface area (Å²) in [5.41, 5.74) is 1.08. The highest BCUT2D eigenvalue weighted by molar-refractivity contribution is 5.98. The Kier molecular flexibility index (Phi) is 5.77. The van der Waals surface area contributed by atoms with Crippen molar-refractivity contribution in [2.24, 2.45) is 0 Å². The molecule has 5 rings (SSSR count). The van der Waals surface area contributed by atoms with Crippen LogP contribution in [0.25, 0.3) is 10.9 Å². The van der Waals surface area contributed by atoms with Crippen LogP contribution in [0.5, 0.6) is 5.75 Å². The van der Waals surface area contributed by atoms with Gasteiger partial charge in [0.05, 0.1) is 49.0 Å². The highest BCUT2D eigenvalue weighted by Gasteiger charge is 2.34. The molecule has 0 saturated carbocycles. The molecule has 1 atom stereocenters. The van der Waals surface area contributed by atoms with E-state index in [9.17, 15) is 13.6 Å². The van der Waals surface area contributed by atoms with Crippen LogP contribution in [0.4, 0.5) is 14.7 Å². The first-order valence-electron chi connectivity index (χ1n) is 10.8. The van der Waals surface area contributed by atoms with Crippen LogP contribution in [0.3, 0.4) is 0 Å². The molecule has 3 N–H and O–H groups in total. The molecule has 0 radical (unpaired) electrons. The molecule has 4 aromatic rings. The van der Waals surface area contributed by atoms with Crippen molar-refractivity contribution in [3.05, 3.63) is 77.2 Å². The van der Waals surface area contributed by atoms with E-state index in [1.165, 1.54) is 37.7 Å². The van der Waals surface area contributed by atoms with Crippen molar-refractivity contribution in [2.75, 3.05) is 25.6 Å². The minimum atomic E-state index is -0.749. The van der Waals surface area contributed by atoms with Crippen LogP contribution in [-0.2, 0) is 4.74 Å². The van der Waals surface area contributed by atoms with Crippen molar-refractivity contribution in [2.45, 2.75) is 18.5 Å². The summed E-state index contributed by atoms with van der Waals surface area (Å²) in [6, 6.07) is 6.24. The number of rotatable bonds is 7. The Morgan fingerprint density at radius 3 is 2.66 bits per heavy atom. The molecule has 180 valence electrons. The van der Waals surface area contributed by atoms with E-state index in [2.05, 4.69) is 30.8 Å². The van der Waals surface area contributed by atoms with Gasteiger partial charge in [0.15, 0.2) is 11.6 Å². The van der Waals surface area contributed by atoms with Gasteiger partial charge in [0, 0.05) is 23.5 Å². The lowest BCUT2D eigenvalue weighted by atomic mass is 10.0. The first-order chi connectivity index (χ1) is 16.8. The molecule has 1 fully saturated rings. The van der Waals surface area contributed by atoms with Gasteiger partial charge in [-0.2, -0.15) is 5.10 Å². The van der Waals surface area contributed by atoms with Crippen molar-refractivity contribution in [3.63, 3.8) is 0 Å². The van der Waals surface area contributed by atoms with Gasteiger partial charge in [-0.25, -0.2) is 18.7 Å². The molecule has 0 bridgehead atoms. The molecule has 11 heteroatoms. The Labute approximate surface area is 198 Å². The van der Waals surface area contributed by atoms with Crippen molar-refractivity contribution >= 4 is 22.8 Å². The smallest absolute Gasteiger partial charge is 0.252 e. The first kappa shape index (κ1) is 22.7. The Bertz CT molecular complexity index is 1390. The number of hydrogen-bond donors (Lipinski definition) is 3. The lowest BCUT2D eigenvalue weighted by Crippen LogP contribution is -2.53. The fourth-order valence-electron chi connectivity index (χ4n) is 3.89. The number of amides is 1. The third-order valence-corrected chi connectivity index (χ3v) is 5.80. The number of anilines is 1. The Morgan fingerprint density at radius 2 is 2.00 bits per heavy atom. The van der Waals surface area contributed by atoms with Gasteiger partial charge in [-0.15, -0.1) is 0 Å². The summed E-state index contributed by atoms with van der Waals surface area (Å²) in [6.45, 7) is 2.98. The van der Waals surface area contributed by atoms with Crippen molar-refractivity contribution in [3.8, 4) is 5.75 Å². The normalized spacial score (nSPS) is 15.3. The van der Waals surface area contributed by atoms with Gasteiger partial charge < -0.3 is 20.1 Å². The SMILES string of the molecule is COc1ccc(C(NC(=O)c2cc(F)c3cnc(NC4(C)COC4)nc3c2)c2cn[nH]c2)cc1F. The van der Waals surface area contributed by atoms with Gasteiger partial charge in [-0.1, -0.05) is 6.07 Å². The average Bonchev–Trinajstić information content (AvgIpc) is 3.35. The van der Waals surface area contributed by atoms with Crippen LogP contribution < -0.4 is 15.4 Å². The summed E-state index contributed by atoms with van der Waals surface area (Å²) in [6.07, 6.45) is 4.48. The molecule has 9 nitrogen and oxygen atoms in total. The lowest BCUT2D eigenvalue weighted by Gasteiger charge is -2.38. The van der Waals surface area contributed by atoms with E-state index in [1.54, 1.807) is 12.3 Å². The zero-order valence-corrected chi connectivity index (χ0v) is 18.9. The molecule has 3 heterocycles. The minimum Gasteiger partial charge on any atom is -0.494 e. The second-order valence-electron chi connectivity index (χ2n) is 8.60. The molecule has 0 spiro atoms. The number of fused-ring (bicyclic) bond motifs is 1. The molecule has 2 aromatic carbocycles. The predicted octanol–water partition coefficient (Wildman–Crippen LogP) is 3.36. The van der Waals surface area contributed by atoms with Gasteiger partial charge in [-0.3, -0.25) is 9.89 Å². The van der Waals surface area contributed by atoms with Gasteiger partial charge in [-0.05, 0) is 36.8 Å². The third-order valence-electron chi connectivity index (χ3n) is 5.80. The lowest BCUT2D eigenvalue weighted by molar-refractivity contribution is -0.0322. The van der Waals surface area contributed by atoms with E-state index in [1.807, 2.05) is 6.92 Å². The minimum absolute atomic E-state index is 0.0558. The molecule has 35 heavy (non-hydrogen) atoms. The summed E-state index contributed by atoms with van der Waals surface area (Å²) in [7, 11) is 1.37. The van der Waals surface area contributed by atoms with Crippen molar-refractivity contribution < 1.29 is 23.0 Å². The maximum Gasteiger partial charge on any atom is 0.252 e. The van der Waals surface area contributed by atoms with Crippen LogP contribution in [0.1, 0.15) is 34.5 Å². The summed E-state index contributed by atoms with van der Waals surface area (Å²) < 4.78 is 39.4. The molecule has 1 aliphatic heterocycles. The quantitative estimate of drug-likeness (QED) is 0.372.